The molecule has 0 bridgehead atoms. The van der Waals surface area contributed by atoms with Crippen LogP contribution in [-0.2, 0) is 10.0 Å². The summed E-state index contributed by atoms with van der Waals surface area (Å²) < 4.78 is 27.3. The maximum Gasteiger partial charge on any atom is 0.335 e. The molecule has 2 aromatic rings. The van der Waals surface area contributed by atoms with Crippen molar-refractivity contribution in [2.75, 3.05) is 0 Å². The lowest BCUT2D eigenvalue weighted by Crippen LogP contribution is -2.27. The number of hydrogen-bond donors (Lipinski definition) is 2. The average molecular weight is 341 g/mol. The normalized spacial score (nSPS) is 12.8. The van der Waals surface area contributed by atoms with Crippen molar-refractivity contribution in [3.63, 3.8) is 0 Å². The number of benzene rings is 1. The smallest absolute Gasteiger partial charge is 0.335 e. The van der Waals surface area contributed by atoms with Crippen LogP contribution in [-0.4, -0.2) is 24.5 Å². The summed E-state index contributed by atoms with van der Waals surface area (Å²) in [5, 5.41) is 8.92. The topological polar surface area (TPSA) is 96.4 Å². The van der Waals surface area contributed by atoms with E-state index in [0.717, 1.165) is 11.6 Å². The Bertz CT molecular complexity index is 794. The summed E-state index contributed by atoms with van der Waals surface area (Å²) in [6, 6.07) is 6.38. The quantitative estimate of drug-likeness (QED) is 0.871. The molecule has 2 N–H and O–H groups in total. The Hall–Kier alpha value is -1.96. The second-order valence-corrected chi connectivity index (χ2v) is 6.66. The largest absolute Gasteiger partial charge is 0.478 e. The molecule has 1 atom stereocenters. The van der Waals surface area contributed by atoms with Crippen molar-refractivity contribution >= 4 is 27.6 Å². The van der Waals surface area contributed by atoms with E-state index in [-0.39, 0.29) is 15.5 Å². The number of hydrogen-bond acceptors (Lipinski definition) is 4. The van der Waals surface area contributed by atoms with E-state index in [0.29, 0.717) is 0 Å². The van der Waals surface area contributed by atoms with Crippen molar-refractivity contribution in [3.8, 4) is 0 Å². The highest BCUT2D eigenvalue weighted by Gasteiger charge is 2.22. The van der Waals surface area contributed by atoms with Crippen LogP contribution < -0.4 is 4.72 Å². The molecule has 0 saturated heterocycles. The molecule has 0 spiro atoms. The molecular formula is C14H13ClN2O4S. The summed E-state index contributed by atoms with van der Waals surface area (Å²) in [6.07, 6.45) is 3.11. The van der Waals surface area contributed by atoms with Gasteiger partial charge in [-0.1, -0.05) is 11.6 Å². The van der Waals surface area contributed by atoms with E-state index in [9.17, 15) is 13.2 Å². The fourth-order valence-corrected chi connectivity index (χ4v) is 3.62. The molecule has 22 heavy (non-hydrogen) atoms. The van der Waals surface area contributed by atoms with Crippen molar-refractivity contribution in [1.29, 1.82) is 0 Å². The van der Waals surface area contributed by atoms with Gasteiger partial charge < -0.3 is 5.11 Å². The highest BCUT2D eigenvalue weighted by molar-refractivity contribution is 7.89. The van der Waals surface area contributed by atoms with Crippen LogP contribution >= 0.6 is 11.6 Å². The summed E-state index contributed by atoms with van der Waals surface area (Å²) >= 11 is 5.89. The zero-order chi connectivity index (χ0) is 16.3. The highest BCUT2D eigenvalue weighted by atomic mass is 35.5. The molecule has 1 aromatic carbocycles. The van der Waals surface area contributed by atoms with Crippen molar-refractivity contribution < 1.29 is 18.3 Å². The van der Waals surface area contributed by atoms with Gasteiger partial charge in [-0.25, -0.2) is 17.9 Å². The van der Waals surface area contributed by atoms with E-state index in [1.54, 1.807) is 31.5 Å². The maximum atomic E-state index is 12.4. The van der Waals surface area contributed by atoms with Crippen LogP contribution in [0.15, 0.2) is 47.6 Å². The van der Waals surface area contributed by atoms with Gasteiger partial charge >= 0.3 is 5.97 Å². The second-order valence-electron chi connectivity index (χ2n) is 4.57. The number of carboxylic acids is 1. The summed E-state index contributed by atoms with van der Waals surface area (Å²) in [7, 11) is -3.96. The predicted octanol–water partition coefficient (Wildman–Crippen LogP) is 2.47. The zero-order valence-corrected chi connectivity index (χ0v) is 13.1. The number of nitrogens with one attached hydrogen (secondary N) is 1. The van der Waals surface area contributed by atoms with Crippen LogP contribution in [0, 0.1) is 0 Å². The van der Waals surface area contributed by atoms with E-state index >= 15 is 0 Å². The third-order valence-corrected chi connectivity index (χ3v) is 5.03. The first-order chi connectivity index (χ1) is 10.3. The third-order valence-electron chi connectivity index (χ3n) is 3.01. The van der Waals surface area contributed by atoms with Gasteiger partial charge in [-0.2, -0.15) is 0 Å². The standard InChI is InChI=1S/C14H13ClN2O4S/c1-9(10-4-6-16-7-5-10)17-22(20,21)13-8-11(14(18)19)2-3-12(13)15/h2-9,17H,1H3,(H,18,19)/t9-/m0/s1. The van der Waals surface area contributed by atoms with Crippen molar-refractivity contribution in [2.45, 2.75) is 17.9 Å². The SMILES string of the molecule is C[C@H](NS(=O)(=O)c1cc(C(=O)O)ccc1Cl)c1ccncc1. The van der Waals surface area contributed by atoms with Crippen LogP contribution in [0.1, 0.15) is 28.9 Å². The van der Waals surface area contributed by atoms with E-state index in [4.69, 9.17) is 16.7 Å². The van der Waals surface area contributed by atoms with Gasteiger partial charge in [0.15, 0.2) is 0 Å². The van der Waals surface area contributed by atoms with Crippen molar-refractivity contribution in [2.24, 2.45) is 0 Å². The number of carboxylic acid groups (broad SMARTS) is 1. The van der Waals surface area contributed by atoms with Gasteiger partial charge in [-0.15, -0.1) is 0 Å². The monoisotopic (exact) mass is 340 g/mol. The lowest BCUT2D eigenvalue weighted by Gasteiger charge is -2.15. The summed E-state index contributed by atoms with van der Waals surface area (Å²) in [5.74, 6) is -1.23. The molecule has 0 aliphatic carbocycles. The molecular weight excluding hydrogens is 328 g/mol. The molecule has 0 aliphatic rings. The number of nitrogens with zero attached hydrogens (tertiary/aromatic N) is 1. The van der Waals surface area contributed by atoms with Gasteiger partial charge in [0, 0.05) is 18.4 Å². The van der Waals surface area contributed by atoms with E-state index < -0.39 is 22.0 Å². The van der Waals surface area contributed by atoms with Gasteiger partial charge in [0.1, 0.15) is 4.90 Å². The highest BCUT2D eigenvalue weighted by Crippen LogP contribution is 2.24. The van der Waals surface area contributed by atoms with Crippen LogP contribution in [0.2, 0.25) is 5.02 Å². The molecule has 1 aromatic heterocycles. The Kier molecular flexibility index (Phi) is 4.80. The summed E-state index contributed by atoms with van der Waals surface area (Å²) in [6.45, 7) is 1.67. The Morgan fingerprint density at radius 2 is 1.91 bits per heavy atom. The Balaban J connectivity index is 2.35. The second kappa shape index (κ2) is 6.43. The number of sulfonamides is 1. The zero-order valence-electron chi connectivity index (χ0n) is 11.5. The fraction of sp³-hybridized carbons (Fsp3) is 0.143. The van der Waals surface area contributed by atoms with Gasteiger partial charge in [0.25, 0.3) is 0 Å². The van der Waals surface area contributed by atoms with Gasteiger partial charge in [-0.3, -0.25) is 4.98 Å². The minimum Gasteiger partial charge on any atom is -0.478 e. The molecule has 0 saturated carbocycles. The average Bonchev–Trinajstić information content (AvgIpc) is 2.47. The number of aromatic carboxylic acids is 1. The van der Waals surface area contributed by atoms with Crippen LogP contribution in [0.3, 0.4) is 0 Å². The van der Waals surface area contributed by atoms with Gasteiger partial charge in [0.2, 0.25) is 10.0 Å². The molecule has 8 heteroatoms. The Labute approximate surface area is 132 Å². The first-order valence-corrected chi connectivity index (χ1v) is 8.12. The summed E-state index contributed by atoms with van der Waals surface area (Å²) in [4.78, 5) is 14.6. The molecule has 1 heterocycles. The van der Waals surface area contributed by atoms with Gasteiger partial charge in [0.05, 0.1) is 10.6 Å². The van der Waals surface area contributed by atoms with Crippen molar-refractivity contribution in [1.82, 2.24) is 9.71 Å². The molecule has 0 radical (unpaired) electrons. The number of pyridine rings is 1. The molecule has 0 amide bonds. The number of halogens is 1. The van der Waals surface area contributed by atoms with E-state index in [1.807, 2.05) is 0 Å². The Morgan fingerprint density at radius 1 is 1.27 bits per heavy atom. The fourth-order valence-electron chi connectivity index (χ4n) is 1.86. The van der Waals surface area contributed by atoms with Crippen LogP contribution in [0.25, 0.3) is 0 Å². The van der Waals surface area contributed by atoms with Crippen molar-refractivity contribution in [3.05, 3.63) is 58.9 Å². The summed E-state index contributed by atoms with van der Waals surface area (Å²) in [5.41, 5.74) is 0.574. The van der Waals surface area contributed by atoms with E-state index in [2.05, 4.69) is 9.71 Å². The lowest BCUT2D eigenvalue weighted by atomic mass is 10.1. The molecule has 0 aliphatic heterocycles. The number of carbonyl (C=O) groups is 1. The van der Waals surface area contributed by atoms with Gasteiger partial charge in [-0.05, 0) is 42.8 Å². The molecule has 6 nitrogen and oxygen atoms in total. The minimum absolute atomic E-state index is 0.0422. The van der Waals surface area contributed by atoms with Crippen LogP contribution in [0.4, 0.5) is 0 Å². The first-order valence-electron chi connectivity index (χ1n) is 6.26. The third kappa shape index (κ3) is 3.62. The molecule has 0 unspecified atom stereocenters. The molecule has 2 rings (SSSR count). The first kappa shape index (κ1) is 16.4. The van der Waals surface area contributed by atoms with E-state index in [1.165, 1.54) is 12.1 Å². The minimum atomic E-state index is -3.96. The predicted molar refractivity (Wildman–Crippen MR) is 81.4 cm³/mol. The molecule has 0 fully saturated rings. The molecule has 116 valence electrons. The van der Waals surface area contributed by atoms with Crippen LogP contribution in [0.5, 0.6) is 0 Å². The number of rotatable bonds is 5. The lowest BCUT2D eigenvalue weighted by molar-refractivity contribution is 0.0696. The Morgan fingerprint density at radius 3 is 2.50 bits per heavy atom. The maximum absolute atomic E-state index is 12.4. The number of aromatic nitrogens is 1.